The van der Waals surface area contributed by atoms with Gasteiger partial charge in [-0.15, -0.1) is 0 Å². The maximum absolute atomic E-state index is 13.5. The molecule has 1 aliphatic heterocycles. The average Bonchev–Trinajstić information content (AvgIpc) is 3.05. The molecule has 1 unspecified atom stereocenters. The van der Waals surface area contributed by atoms with Crippen LogP contribution in [0.5, 0.6) is 0 Å². The van der Waals surface area contributed by atoms with Gasteiger partial charge in [-0.25, -0.2) is 14.4 Å². The number of alkyl halides is 3. The number of benzene rings is 1. The first kappa shape index (κ1) is 18.8. The largest absolute Gasteiger partial charge is 0.433 e. The van der Waals surface area contributed by atoms with Gasteiger partial charge in [0.25, 0.3) is 0 Å². The quantitative estimate of drug-likeness (QED) is 0.741. The first-order valence-electron chi connectivity index (χ1n) is 8.03. The third kappa shape index (κ3) is 4.24. The third-order valence-corrected chi connectivity index (χ3v) is 4.74. The van der Waals surface area contributed by atoms with Crippen molar-refractivity contribution in [3.63, 3.8) is 0 Å². The molecule has 0 radical (unpaired) electrons. The van der Waals surface area contributed by atoms with Crippen LogP contribution >= 0.6 is 11.6 Å². The number of hydrogen-bond donors (Lipinski definition) is 0. The molecule has 1 aliphatic rings. The van der Waals surface area contributed by atoms with Gasteiger partial charge in [-0.1, -0.05) is 17.7 Å². The zero-order chi connectivity index (χ0) is 18.9. The summed E-state index contributed by atoms with van der Waals surface area (Å²) in [4.78, 5) is 11.4. The highest BCUT2D eigenvalue weighted by atomic mass is 35.5. The fraction of sp³-hybridized carbons (Fsp3) is 0.412. The van der Waals surface area contributed by atoms with E-state index in [2.05, 4.69) is 14.9 Å². The number of likely N-dealkylation sites (N-methyl/N-ethyl adjacent to an activating group) is 1. The molecular weight excluding hydrogens is 372 g/mol. The minimum Gasteiger partial charge on any atom is -0.340 e. The first-order valence-corrected chi connectivity index (χ1v) is 8.41. The van der Waals surface area contributed by atoms with Crippen LogP contribution in [0.3, 0.4) is 0 Å². The fourth-order valence-electron chi connectivity index (χ4n) is 3.01. The summed E-state index contributed by atoms with van der Waals surface area (Å²) in [6, 6.07) is 5.51. The van der Waals surface area contributed by atoms with Crippen molar-refractivity contribution in [2.45, 2.75) is 25.2 Å². The second-order valence-corrected chi connectivity index (χ2v) is 6.68. The van der Waals surface area contributed by atoms with Gasteiger partial charge >= 0.3 is 6.18 Å². The zero-order valence-electron chi connectivity index (χ0n) is 14.0. The molecule has 26 heavy (non-hydrogen) atoms. The van der Waals surface area contributed by atoms with Gasteiger partial charge in [0.1, 0.15) is 11.5 Å². The van der Waals surface area contributed by atoms with E-state index in [1.807, 2.05) is 0 Å². The Hall–Kier alpha value is -1.93. The minimum atomic E-state index is -4.50. The normalized spacial score (nSPS) is 18.3. The molecule has 0 aliphatic carbocycles. The van der Waals surface area contributed by atoms with Crippen LogP contribution in [0.2, 0.25) is 5.02 Å². The number of aromatic nitrogens is 2. The lowest BCUT2D eigenvalue weighted by molar-refractivity contribution is -0.141. The second kappa shape index (κ2) is 7.36. The Morgan fingerprint density at radius 2 is 2.08 bits per heavy atom. The van der Waals surface area contributed by atoms with Crippen LogP contribution in [0, 0.1) is 5.82 Å². The predicted molar refractivity (Wildman–Crippen MR) is 90.5 cm³/mol. The summed E-state index contributed by atoms with van der Waals surface area (Å²) >= 11 is 5.69. The molecule has 1 aromatic heterocycles. The maximum Gasteiger partial charge on any atom is 0.433 e. The van der Waals surface area contributed by atoms with Crippen molar-refractivity contribution in [1.82, 2.24) is 14.9 Å². The lowest BCUT2D eigenvalue weighted by Gasteiger charge is -2.25. The maximum atomic E-state index is 13.5. The van der Waals surface area contributed by atoms with Crippen molar-refractivity contribution in [1.29, 1.82) is 0 Å². The number of anilines is 1. The molecule has 1 aromatic carbocycles. The van der Waals surface area contributed by atoms with Crippen molar-refractivity contribution >= 4 is 17.5 Å². The summed E-state index contributed by atoms with van der Waals surface area (Å²) in [6.07, 6.45) is -2.63. The Morgan fingerprint density at radius 1 is 1.31 bits per heavy atom. The number of hydrogen-bond acceptors (Lipinski definition) is 4. The van der Waals surface area contributed by atoms with Gasteiger partial charge in [0.2, 0.25) is 5.95 Å². The molecule has 1 atom stereocenters. The lowest BCUT2D eigenvalue weighted by atomic mass is 10.2. The Kier molecular flexibility index (Phi) is 5.34. The van der Waals surface area contributed by atoms with E-state index in [4.69, 9.17) is 11.6 Å². The Labute approximate surface area is 153 Å². The van der Waals surface area contributed by atoms with E-state index in [9.17, 15) is 17.6 Å². The van der Waals surface area contributed by atoms with Crippen molar-refractivity contribution < 1.29 is 17.6 Å². The molecule has 140 valence electrons. The molecule has 0 amide bonds. The van der Waals surface area contributed by atoms with Gasteiger partial charge in [0, 0.05) is 38.9 Å². The van der Waals surface area contributed by atoms with Crippen LogP contribution in [-0.2, 0) is 12.7 Å². The molecule has 0 spiro atoms. The van der Waals surface area contributed by atoms with E-state index in [0.717, 1.165) is 30.8 Å². The number of nitrogens with zero attached hydrogens (tertiary/aromatic N) is 4. The van der Waals surface area contributed by atoms with E-state index in [1.165, 1.54) is 12.1 Å². The Morgan fingerprint density at radius 3 is 2.77 bits per heavy atom. The van der Waals surface area contributed by atoms with Crippen LogP contribution in [-0.4, -0.2) is 41.0 Å². The van der Waals surface area contributed by atoms with E-state index in [0.29, 0.717) is 13.1 Å². The topological polar surface area (TPSA) is 32.3 Å². The zero-order valence-corrected chi connectivity index (χ0v) is 14.7. The predicted octanol–water partition coefficient (Wildman–Crippen LogP) is 4.00. The Bertz CT molecular complexity index is 784. The van der Waals surface area contributed by atoms with E-state index < -0.39 is 17.7 Å². The summed E-state index contributed by atoms with van der Waals surface area (Å²) in [5, 5.41) is 0.0782. The summed E-state index contributed by atoms with van der Waals surface area (Å²) in [5.41, 5.74) is -0.161. The molecule has 2 aromatic rings. The van der Waals surface area contributed by atoms with Gasteiger partial charge in [-0.2, -0.15) is 13.2 Å². The number of rotatable bonds is 4. The Balaban J connectivity index is 1.65. The molecule has 1 fully saturated rings. The summed E-state index contributed by atoms with van der Waals surface area (Å²) in [6.45, 7) is 1.92. The fourth-order valence-corrected chi connectivity index (χ4v) is 3.13. The van der Waals surface area contributed by atoms with Crippen molar-refractivity contribution in [2.75, 3.05) is 25.0 Å². The van der Waals surface area contributed by atoms with Crippen molar-refractivity contribution in [3.8, 4) is 0 Å². The van der Waals surface area contributed by atoms with Gasteiger partial charge in [0.15, 0.2) is 0 Å². The molecular formula is C17H17ClF4N4. The molecule has 0 N–H and O–H groups in total. The highest BCUT2D eigenvalue weighted by Gasteiger charge is 2.34. The van der Waals surface area contributed by atoms with E-state index in [-0.39, 0.29) is 17.0 Å². The summed E-state index contributed by atoms with van der Waals surface area (Å²) in [7, 11) is 1.69. The molecule has 0 saturated carbocycles. The number of halogens is 5. The van der Waals surface area contributed by atoms with E-state index >= 15 is 0 Å². The SMILES string of the molecule is CN(c1nccc(C(F)(F)F)n1)C1CCN(Cc2ccc(Cl)c(F)c2)C1. The van der Waals surface area contributed by atoms with Crippen LogP contribution < -0.4 is 4.90 Å². The first-order chi connectivity index (χ1) is 12.2. The van der Waals surface area contributed by atoms with Crippen molar-refractivity contribution in [2.24, 2.45) is 0 Å². The van der Waals surface area contributed by atoms with E-state index in [1.54, 1.807) is 18.0 Å². The summed E-state index contributed by atoms with van der Waals surface area (Å²) in [5.74, 6) is -0.418. The highest BCUT2D eigenvalue weighted by Crippen LogP contribution is 2.29. The smallest absolute Gasteiger partial charge is 0.340 e. The van der Waals surface area contributed by atoms with Gasteiger partial charge in [-0.3, -0.25) is 4.90 Å². The van der Waals surface area contributed by atoms with Crippen molar-refractivity contribution in [3.05, 3.63) is 52.6 Å². The molecule has 9 heteroatoms. The minimum absolute atomic E-state index is 0.0179. The molecule has 4 nitrogen and oxygen atoms in total. The van der Waals surface area contributed by atoms with Gasteiger partial charge in [-0.05, 0) is 30.2 Å². The molecule has 2 heterocycles. The molecule has 3 rings (SSSR count). The molecule has 1 saturated heterocycles. The van der Waals surface area contributed by atoms with Crippen LogP contribution in [0.25, 0.3) is 0 Å². The lowest BCUT2D eigenvalue weighted by Crippen LogP contribution is -2.35. The average molecular weight is 389 g/mol. The second-order valence-electron chi connectivity index (χ2n) is 6.28. The van der Waals surface area contributed by atoms with Crippen LogP contribution in [0.15, 0.2) is 30.5 Å². The summed E-state index contributed by atoms with van der Waals surface area (Å²) < 4.78 is 52.0. The third-order valence-electron chi connectivity index (χ3n) is 4.43. The highest BCUT2D eigenvalue weighted by molar-refractivity contribution is 6.30. The van der Waals surface area contributed by atoms with Gasteiger partial charge < -0.3 is 4.90 Å². The number of likely N-dealkylation sites (tertiary alicyclic amines) is 1. The standard InChI is InChI=1S/C17H17ClF4N4/c1-25(16-23-6-4-15(24-16)17(20,21)22)12-5-7-26(10-12)9-11-2-3-13(18)14(19)8-11/h2-4,6,8,12H,5,7,9-10H2,1H3. The van der Waals surface area contributed by atoms with Gasteiger partial charge in [0.05, 0.1) is 5.02 Å². The van der Waals surface area contributed by atoms with Crippen LogP contribution in [0.1, 0.15) is 17.7 Å². The molecule has 0 bridgehead atoms. The van der Waals surface area contributed by atoms with Crippen LogP contribution in [0.4, 0.5) is 23.5 Å². The monoisotopic (exact) mass is 388 g/mol.